The molecule has 0 saturated carbocycles. The van der Waals surface area contributed by atoms with Crippen LogP contribution in [-0.4, -0.2) is 19.9 Å². The number of thiocarbonyl (C=S) groups is 1. The first kappa shape index (κ1) is 12.4. The molecule has 0 bridgehead atoms. The molecular weight excluding hydrogens is 270 g/mol. The Hall–Kier alpha value is -2.60. The number of nitrogens with two attached hydrogens (primary N) is 1. The number of nitrogens with one attached hydrogen (secondary N) is 1. The summed E-state index contributed by atoms with van der Waals surface area (Å²) in [4.78, 5) is 12.6. The number of pyridine rings is 1. The lowest BCUT2D eigenvalue weighted by molar-refractivity contribution is 1.17. The summed E-state index contributed by atoms with van der Waals surface area (Å²) in [7, 11) is 0. The lowest BCUT2D eigenvalue weighted by Gasteiger charge is -2.13. The maximum Gasteiger partial charge on any atom is 0.115 e. The Kier molecular flexibility index (Phi) is 3.22. The first-order valence-corrected chi connectivity index (χ1v) is 6.36. The minimum Gasteiger partial charge on any atom is -0.389 e. The van der Waals surface area contributed by atoms with Gasteiger partial charge in [0.2, 0.25) is 0 Å². The highest BCUT2D eigenvalue weighted by Gasteiger charge is 2.11. The average molecular weight is 281 g/mol. The number of nitrogens with zero attached hydrogens (tertiary/aromatic N) is 3. The monoisotopic (exact) mass is 281 g/mol. The molecule has 3 rings (SSSR count). The molecule has 20 heavy (non-hydrogen) atoms. The van der Waals surface area contributed by atoms with Gasteiger partial charge in [0.15, 0.2) is 0 Å². The van der Waals surface area contributed by atoms with Gasteiger partial charge in [-0.15, -0.1) is 0 Å². The fourth-order valence-corrected chi connectivity index (χ4v) is 2.13. The van der Waals surface area contributed by atoms with Crippen LogP contribution < -0.4 is 11.1 Å². The summed E-state index contributed by atoms with van der Waals surface area (Å²) in [6.07, 6.45) is 6.53. The topological polar surface area (TPSA) is 76.7 Å². The van der Waals surface area contributed by atoms with E-state index in [0.29, 0.717) is 10.6 Å². The molecule has 0 aliphatic rings. The second-order valence-corrected chi connectivity index (χ2v) is 4.62. The first-order valence-electron chi connectivity index (χ1n) is 5.95. The van der Waals surface area contributed by atoms with Crippen molar-refractivity contribution in [2.24, 2.45) is 5.73 Å². The van der Waals surface area contributed by atoms with E-state index in [9.17, 15) is 0 Å². The zero-order valence-corrected chi connectivity index (χ0v) is 11.3. The third-order valence-electron chi connectivity index (χ3n) is 2.87. The van der Waals surface area contributed by atoms with Gasteiger partial charge in [-0.1, -0.05) is 30.4 Å². The van der Waals surface area contributed by atoms with E-state index in [1.807, 2.05) is 24.3 Å². The quantitative estimate of drug-likeness (QED) is 0.718. The van der Waals surface area contributed by atoms with Crippen LogP contribution in [0.3, 0.4) is 0 Å². The summed E-state index contributed by atoms with van der Waals surface area (Å²) >= 11 is 5.10. The van der Waals surface area contributed by atoms with Crippen LogP contribution in [0, 0.1) is 0 Å². The summed E-state index contributed by atoms with van der Waals surface area (Å²) in [6.45, 7) is 0. The van der Waals surface area contributed by atoms with Crippen LogP contribution in [0.15, 0.2) is 49.2 Å². The van der Waals surface area contributed by atoms with Gasteiger partial charge in [0, 0.05) is 11.6 Å². The molecule has 2 aromatic heterocycles. The van der Waals surface area contributed by atoms with E-state index in [1.165, 1.54) is 6.33 Å². The van der Waals surface area contributed by atoms with Crippen molar-refractivity contribution in [3.05, 3.63) is 54.7 Å². The van der Waals surface area contributed by atoms with Crippen LogP contribution in [0.25, 0.3) is 10.9 Å². The van der Waals surface area contributed by atoms with E-state index in [0.717, 1.165) is 22.3 Å². The van der Waals surface area contributed by atoms with E-state index in [2.05, 4.69) is 20.3 Å². The summed E-state index contributed by atoms with van der Waals surface area (Å²) in [6, 6.07) is 7.78. The second-order valence-electron chi connectivity index (χ2n) is 4.18. The Labute approximate surface area is 120 Å². The summed E-state index contributed by atoms with van der Waals surface area (Å²) in [5, 5.41) is 4.21. The number of aromatic nitrogens is 3. The smallest absolute Gasteiger partial charge is 0.115 e. The highest BCUT2D eigenvalue weighted by atomic mass is 32.1. The minimum atomic E-state index is 0.294. The van der Waals surface area contributed by atoms with Crippen molar-refractivity contribution in [3.63, 3.8) is 0 Å². The van der Waals surface area contributed by atoms with E-state index < -0.39 is 0 Å². The predicted molar refractivity (Wildman–Crippen MR) is 82.9 cm³/mol. The minimum absolute atomic E-state index is 0.294. The van der Waals surface area contributed by atoms with Crippen molar-refractivity contribution in [3.8, 4) is 0 Å². The Balaban J connectivity index is 2.20. The van der Waals surface area contributed by atoms with Gasteiger partial charge in [0.1, 0.15) is 11.3 Å². The third kappa shape index (κ3) is 2.28. The van der Waals surface area contributed by atoms with Gasteiger partial charge in [-0.3, -0.25) is 4.98 Å². The molecule has 6 heteroatoms. The number of hydrogen-bond acceptors (Lipinski definition) is 5. The van der Waals surface area contributed by atoms with Crippen molar-refractivity contribution in [2.75, 3.05) is 5.32 Å². The molecule has 0 radical (unpaired) electrons. The zero-order valence-electron chi connectivity index (χ0n) is 10.4. The predicted octanol–water partition coefficient (Wildman–Crippen LogP) is 2.40. The highest BCUT2D eigenvalue weighted by molar-refractivity contribution is 7.80. The Bertz CT molecular complexity index is 773. The van der Waals surface area contributed by atoms with Crippen molar-refractivity contribution in [1.29, 1.82) is 0 Å². The number of fused-ring (bicyclic) bond motifs is 1. The Morgan fingerprint density at radius 3 is 2.60 bits per heavy atom. The fourth-order valence-electron chi connectivity index (χ4n) is 1.97. The van der Waals surface area contributed by atoms with Gasteiger partial charge < -0.3 is 11.1 Å². The summed E-state index contributed by atoms with van der Waals surface area (Å²) in [5.74, 6) is 0. The van der Waals surface area contributed by atoms with Crippen LogP contribution in [-0.2, 0) is 0 Å². The SMILES string of the molecule is NC(=S)c1cnc2ccccc2c1Nc1cncnc1. The van der Waals surface area contributed by atoms with Crippen molar-refractivity contribution in [1.82, 2.24) is 15.0 Å². The van der Waals surface area contributed by atoms with Crippen LogP contribution >= 0.6 is 12.2 Å². The van der Waals surface area contributed by atoms with Gasteiger partial charge in [0.25, 0.3) is 0 Å². The molecule has 1 aromatic carbocycles. The van der Waals surface area contributed by atoms with Gasteiger partial charge in [-0.25, -0.2) is 9.97 Å². The molecular formula is C14H11N5S. The summed E-state index contributed by atoms with van der Waals surface area (Å²) in [5.41, 5.74) is 8.93. The fraction of sp³-hybridized carbons (Fsp3) is 0. The molecule has 0 unspecified atom stereocenters. The average Bonchev–Trinajstić information content (AvgIpc) is 2.48. The molecule has 0 fully saturated rings. The van der Waals surface area contributed by atoms with Crippen molar-refractivity contribution < 1.29 is 0 Å². The van der Waals surface area contributed by atoms with E-state index >= 15 is 0 Å². The third-order valence-corrected chi connectivity index (χ3v) is 3.09. The lowest BCUT2D eigenvalue weighted by atomic mass is 10.1. The molecule has 0 aliphatic heterocycles. The number of rotatable bonds is 3. The summed E-state index contributed by atoms with van der Waals surface area (Å²) < 4.78 is 0. The lowest BCUT2D eigenvalue weighted by Crippen LogP contribution is -2.13. The molecule has 0 amide bonds. The Morgan fingerprint density at radius 1 is 1.10 bits per heavy atom. The molecule has 5 nitrogen and oxygen atoms in total. The van der Waals surface area contributed by atoms with E-state index in [-0.39, 0.29) is 0 Å². The van der Waals surface area contributed by atoms with Gasteiger partial charge in [-0.05, 0) is 6.07 Å². The van der Waals surface area contributed by atoms with Crippen molar-refractivity contribution >= 4 is 39.5 Å². The van der Waals surface area contributed by atoms with E-state index in [4.69, 9.17) is 18.0 Å². The van der Waals surface area contributed by atoms with Crippen LogP contribution in [0.1, 0.15) is 5.56 Å². The zero-order chi connectivity index (χ0) is 13.9. The number of benzene rings is 1. The molecule has 98 valence electrons. The largest absolute Gasteiger partial charge is 0.389 e. The molecule has 0 aliphatic carbocycles. The van der Waals surface area contributed by atoms with Crippen LogP contribution in [0.2, 0.25) is 0 Å². The van der Waals surface area contributed by atoms with Gasteiger partial charge >= 0.3 is 0 Å². The highest BCUT2D eigenvalue weighted by Crippen LogP contribution is 2.28. The van der Waals surface area contributed by atoms with E-state index in [1.54, 1.807) is 18.6 Å². The van der Waals surface area contributed by atoms with Gasteiger partial charge in [-0.2, -0.15) is 0 Å². The maximum atomic E-state index is 5.78. The van der Waals surface area contributed by atoms with Gasteiger partial charge in [0.05, 0.1) is 34.8 Å². The molecule has 3 N–H and O–H groups in total. The number of anilines is 2. The number of para-hydroxylation sites is 1. The maximum absolute atomic E-state index is 5.78. The number of hydrogen-bond donors (Lipinski definition) is 2. The van der Waals surface area contributed by atoms with Crippen molar-refractivity contribution in [2.45, 2.75) is 0 Å². The molecule has 0 saturated heterocycles. The standard InChI is InChI=1S/C14H11N5S/c15-14(20)11-7-18-12-4-2-1-3-10(12)13(11)19-9-5-16-8-17-6-9/h1-8H,(H2,15,20)(H,18,19). The second kappa shape index (κ2) is 5.18. The molecule has 2 heterocycles. The molecule has 3 aromatic rings. The van der Waals surface area contributed by atoms with Crippen LogP contribution in [0.5, 0.6) is 0 Å². The first-order chi connectivity index (χ1) is 9.75. The molecule has 0 spiro atoms. The Morgan fingerprint density at radius 2 is 1.85 bits per heavy atom. The normalized spacial score (nSPS) is 10.4. The molecule has 0 atom stereocenters. The van der Waals surface area contributed by atoms with Crippen LogP contribution in [0.4, 0.5) is 11.4 Å².